The molecule has 1 N–H and O–H groups in total. The third kappa shape index (κ3) is 3.50. The number of ether oxygens (including phenoxy) is 1. The molecule has 0 saturated heterocycles. The summed E-state index contributed by atoms with van der Waals surface area (Å²) in [4.78, 5) is 0. The molecule has 0 radical (unpaired) electrons. The van der Waals surface area contributed by atoms with Gasteiger partial charge in [-0.15, -0.1) is 0 Å². The lowest BCUT2D eigenvalue weighted by atomic mass is 10.1. The number of methoxy groups -OCH3 is 1. The highest BCUT2D eigenvalue weighted by atomic mass is 32.2. The molecule has 0 heterocycles. The van der Waals surface area contributed by atoms with Crippen LogP contribution in [0.25, 0.3) is 0 Å². The van der Waals surface area contributed by atoms with E-state index in [0.717, 1.165) is 0 Å². The SMILES string of the molecule is CCS(=O)(=O)C[C@@H](O)c1ccc(OC)cc1. The molecule has 4 nitrogen and oxygen atoms in total. The largest absolute Gasteiger partial charge is 0.497 e. The van der Waals surface area contributed by atoms with Crippen molar-refractivity contribution in [3.8, 4) is 5.75 Å². The van der Waals surface area contributed by atoms with Crippen LogP contribution in [0.1, 0.15) is 18.6 Å². The number of hydrogen-bond acceptors (Lipinski definition) is 4. The van der Waals surface area contributed by atoms with Gasteiger partial charge in [0.05, 0.1) is 19.0 Å². The molecule has 1 aromatic rings. The van der Waals surface area contributed by atoms with Crippen molar-refractivity contribution in [2.45, 2.75) is 13.0 Å². The molecule has 16 heavy (non-hydrogen) atoms. The van der Waals surface area contributed by atoms with Crippen molar-refractivity contribution in [3.05, 3.63) is 29.8 Å². The number of hydrogen-bond donors (Lipinski definition) is 1. The highest BCUT2D eigenvalue weighted by molar-refractivity contribution is 7.91. The van der Waals surface area contributed by atoms with Gasteiger partial charge < -0.3 is 9.84 Å². The smallest absolute Gasteiger partial charge is 0.152 e. The topological polar surface area (TPSA) is 63.6 Å². The van der Waals surface area contributed by atoms with Gasteiger partial charge in [0.15, 0.2) is 9.84 Å². The molecular formula is C11H16O4S. The Balaban J connectivity index is 2.77. The van der Waals surface area contributed by atoms with Gasteiger partial charge in [-0.2, -0.15) is 0 Å². The molecule has 0 unspecified atom stereocenters. The molecule has 0 bridgehead atoms. The molecule has 0 saturated carbocycles. The molecule has 0 aliphatic carbocycles. The minimum absolute atomic E-state index is 0.0419. The first-order chi connectivity index (χ1) is 7.48. The van der Waals surface area contributed by atoms with E-state index < -0.39 is 15.9 Å². The van der Waals surface area contributed by atoms with Gasteiger partial charge in [-0.3, -0.25) is 0 Å². The number of aliphatic hydroxyl groups excluding tert-OH is 1. The van der Waals surface area contributed by atoms with Crippen LogP contribution in [0.2, 0.25) is 0 Å². The molecule has 5 heteroatoms. The van der Waals surface area contributed by atoms with E-state index in [1.807, 2.05) is 0 Å². The first-order valence-electron chi connectivity index (χ1n) is 5.01. The molecule has 0 amide bonds. The molecule has 0 fully saturated rings. The maximum atomic E-state index is 11.3. The molecule has 0 aromatic heterocycles. The maximum Gasteiger partial charge on any atom is 0.152 e. The van der Waals surface area contributed by atoms with Crippen LogP contribution in [-0.2, 0) is 9.84 Å². The summed E-state index contributed by atoms with van der Waals surface area (Å²) in [5.74, 6) is 0.477. The van der Waals surface area contributed by atoms with Crippen molar-refractivity contribution in [2.75, 3.05) is 18.6 Å². The van der Waals surface area contributed by atoms with E-state index in [-0.39, 0.29) is 11.5 Å². The number of rotatable bonds is 5. The Labute approximate surface area is 95.8 Å². The Morgan fingerprint density at radius 3 is 2.31 bits per heavy atom. The fourth-order valence-corrected chi connectivity index (χ4v) is 2.19. The lowest BCUT2D eigenvalue weighted by Crippen LogP contribution is -2.16. The van der Waals surface area contributed by atoms with E-state index in [4.69, 9.17) is 4.74 Å². The van der Waals surface area contributed by atoms with Gasteiger partial charge in [-0.25, -0.2) is 8.42 Å². The Morgan fingerprint density at radius 2 is 1.88 bits per heavy atom. The second-order valence-electron chi connectivity index (χ2n) is 3.49. The summed E-state index contributed by atoms with van der Waals surface area (Å²) in [7, 11) is -1.62. The van der Waals surface area contributed by atoms with Crippen LogP contribution in [-0.4, -0.2) is 32.1 Å². The van der Waals surface area contributed by atoms with Crippen molar-refractivity contribution in [2.24, 2.45) is 0 Å². The molecule has 90 valence electrons. The van der Waals surface area contributed by atoms with Crippen LogP contribution in [0.5, 0.6) is 5.75 Å². The molecule has 0 spiro atoms. The Bertz CT molecular complexity index is 422. The molecule has 1 aromatic carbocycles. The highest BCUT2D eigenvalue weighted by Crippen LogP contribution is 2.18. The van der Waals surface area contributed by atoms with Crippen molar-refractivity contribution < 1.29 is 18.3 Å². The Hall–Kier alpha value is -1.07. The van der Waals surface area contributed by atoms with Crippen LogP contribution in [0.3, 0.4) is 0 Å². The highest BCUT2D eigenvalue weighted by Gasteiger charge is 2.16. The van der Waals surface area contributed by atoms with Gasteiger partial charge in [0.2, 0.25) is 0 Å². The Kier molecular flexibility index (Phi) is 4.32. The Morgan fingerprint density at radius 1 is 1.31 bits per heavy atom. The standard InChI is InChI=1S/C11H16O4S/c1-3-16(13,14)8-11(12)9-4-6-10(15-2)7-5-9/h4-7,11-12H,3,8H2,1-2H3/t11-/m1/s1. The van der Waals surface area contributed by atoms with Gasteiger partial charge in [-0.05, 0) is 17.7 Å². The summed E-state index contributed by atoms with van der Waals surface area (Å²) < 4.78 is 27.6. The summed E-state index contributed by atoms with van der Waals surface area (Å²) >= 11 is 0. The van der Waals surface area contributed by atoms with Crippen LogP contribution >= 0.6 is 0 Å². The summed E-state index contributed by atoms with van der Waals surface area (Å²) in [6.45, 7) is 1.57. The molecule has 0 aliphatic rings. The minimum atomic E-state index is -3.16. The van der Waals surface area contributed by atoms with E-state index in [1.165, 1.54) is 0 Å². The molecule has 0 aliphatic heterocycles. The van der Waals surface area contributed by atoms with Crippen LogP contribution < -0.4 is 4.74 Å². The second kappa shape index (κ2) is 5.32. The monoisotopic (exact) mass is 244 g/mol. The van der Waals surface area contributed by atoms with E-state index >= 15 is 0 Å². The van der Waals surface area contributed by atoms with E-state index in [9.17, 15) is 13.5 Å². The summed E-state index contributed by atoms with van der Waals surface area (Å²) in [6, 6.07) is 6.71. The zero-order chi connectivity index (χ0) is 12.2. The third-order valence-electron chi connectivity index (χ3n) is 2.35. The van der Waals surface area contributed by atoms with Crippen LogP contribution in [0.4, 0.5) is 0 Å². The fraction of sp³-hybridized carbons (Fsp3) is 0.455. The minimum Gasteiger partial charge on any atom is -0.497 e. The average Bonchev–Trinajstić information content (AvgIpc) is 2.28. The quantitative estimate of drug-likeness (QED) is 0.844. The normalized spacial score (nSPS) is 13.4. The third-order valence-corrected chi connectivity index (χ3v) is 4.06. The van der Waals surface area contributed by atoms with Crippen LogP contribution in [0.15, 0.2) is 24.3 Å². The van der Waals surface area contributed by atoms with Crippen LogP contribution in [0, 0.1) is 0 Å². The summed E-state index contributed by atoms with van der Waals surface area (Å²) in [6.07, 6.45) is -0.976. The fourth-order valence-electron chi connectivity index (χ4n) is 1.28. The molecule has 1 rings (SSSR count). The zero-order valence-corrected chi connectivity index (χ0v) is 10.2. The lowest BCUT2D eigenvalue weighted by molar-refractivity contribution is 0.201. The maximum absolute atomic E-state index is 11.3. The van der Waals surface area contributed by atoms with Gasteiger partial charge in [0.25, 0.3) is 0 Å². The van der Waals surface area contributed by atoms with Crippen molar-refractivity contribution in [1.82, 2.24) is 0 Å². The zero-order valence-electron chi connectivity index (χ0n) is 9.38. The first-order valence-corrected chi connectivity index (χ1v) is 6.83. The molecular weight excluding hydrogens is 228 g/mol. The number of aliphatic hydroxyl groups is 1. The van der Waals surface area contributed by atoms with Crippen molar-refractivity contribution in [3.63, 3.8) is 0 Å². The van der Waals surface area contributed by atoms with Gasteiger partial charge in [0, 0.05) is 5.75 Å². The molecule has 1 atom stereocenters. The van der Waals surface area contributed by atoms with E-state index in [2.05, 4.69) is 0 Å². The predicted octanol–water partition coefficient (Wildman–Crippen LogP) is 1.16. The summed E-state index contributed by atoms with van der Waals surface area (Å²) in [5.41, 5.74) is 0.581. The lowest BCUT2D eigenvalue weighted by Gasteiger charge is -2.11. The van der Waals surface area contributed by atoms with E-state index in [1.54, 1.807) is 38.3 Å². The number of benzene rings is 1. The second-order valence-corrected chi connectivity index (χ2v) is 5.89. The first kappa shape index (κ1) is 13.0. The number of sulfone groups is 1. The predicted molar refractivity (Wildman–Crippen MR) is 62.3 cm³/mol. The van der Waals surface area contributed by atoms with E-state index in [0.29, 0.717) is 11.3 Å². The average molecular weight is 244 g/mol. The van der Waals surface area contributed by atoms with Gasteiger partial charge in [-0.1, -0.05) is 19.1 Å². The van der Waals surface area contributed by atoms with Crippen molar-refractivity contribution in [1.29, 1.82) is 0 Å². The van der Waals surface area contributed by atoms with Crippen molar-refractivity contribution >= 4 is 9.84 Å². The van der Waals surface area contributed by atoms with Gasteiger partial charge >= 0.3 is 0 Å². The summed E-state index contributed by atoms with van der Waals surface area (Å²) in [5, 5.41) is 9.73. The van der Waals surface area contributed by atoms with Gasteiger partial charge in [0.1, 0.15) is 5.75 Å².